The van der Waals surface area contributed by atoms with E-state index in [0.717, 1.165) is 5.56 Å². The molecule has 0 unspecified atom stereocenters. The van der Waals surface area contributed by atoms with Gasteiger partial charge in [-0.3, -0.25) is 10.1 Å². The lowest BCUT2D eigenvalue weighted by molar-refractivity contribution is -0.384. The van der Waals surface area contributed by atoms with Crippen molar-refractivity contribution in [2.75, 3.05) is 0 Å². The first kappa shape index (κ1) is 20.0. The van der Waals surface area contributed by atoms with Crippen molar-refractivity contribution in [3.63, 3.8) is 0 Å². The van der Waals surface area contributed by atoms with Crippen LogP contribution in [0.2, 0.25) is 5.04 Å². The van der Waals surface area contributed by atoms with Gasteiger partial charge in [0.1, 0.15) is 0 Å². The van der Waals surface area contributed by atoms with Crippen LogP contribution in [0.15, 0.2) is 84.9 Å². The highest BCUT2D eigenvalue weighted by molar-refractivity contribution is 6.99. The van der Waals surface area contributed by atoms with Crippen molar-refractivity contribution >= 4 is 24.4 Å². The molecule has 5 heteroatoms. The predicted octanol–water partition coefficient (Wildman–Crippen LogP) is 4.67. The summed E-state index contributed by atoms with van der Waals surface area (Å²) in [5.41, 5.74) is 1.02. The zero-order valence-electron chi connectivity index (χ0n) is 16.5. The van der Waals surface area contributed by atoms with E-state index >= 15 is 0 Å². The maximum atomic E-state index is 10.9. The molecule has 4 nitrogen and oxygen atoms in total. The molecular weight excluding hydrogens is 366 g/mol. The molecule has 0 amide bonds. The van der Waals surface area contributed by atoms with Crippen molar-refractivity contribution in [3.8, 4) is 0 Å². The summed E-state index contributed by atoms with van der Waals surface area (Å²) in [5, 5.41) is 13.2. The summed E-state index contributed by atoms with van der Waals surface area (Å²) in [7, 11) is -2.60. The molecule has 0 saturated heterocycles. The van der Waals surface area contributed by atoms with Crippen LogP contribution >= 0.6 is 0 Å². The molecule has 3 aromatic carbocycles. The van der Waals surface area contributed by atoms with Crippen LogP contribution in [0, 0.1) is 10.1 Å². The number of hydrogen-bond acceptors (Lipinski definition) is 3. The van der Waals surface area contributed by atoms with Gasteiger partial charge in [-0.2, -0.15) is 0 Å². The number of nitro groups is 1. The predicted molar refractivity (Wildman–Crippen MR) is 116 cm³/mol. The first-order valence-corrected chi connectivity index (χ1v) is 11.2. The largest absolute Gasteiger partial charge is 0.403 e. The molecule has 3 rings (SSSR count). The number of benzene rings is 3. The lowest BCUT2D eigenvalue weighted by Crippen LogP contribution is -2.66. The quantitative estimate of drug-likeness (QED) is 0.348. The van der Waals surface area contributed by atoms with Crippen molar-refractivity contribution in [3.05, 3.63) is 101 Å². The molecule has 0 saturated carbocycles. The van der Waals surface area contributed by atoms with Gasteiger partial charge in [-0.05, 0) is 33.1 Å². The molecule has 0 N–H and O–H groups in total. The Hall–Kier alpha value is -2.76. The fraction of sp³-hybridized carbons (Fsp3) is 0.217. The van der Waals surface area contributed by atoms with Crippen molar-refractivity contribution in [1.82, 2.24) is 0 Å². The standard InChI is InChI=1S/C23H25NO3Si/c1-23(2,3)28(21-10-6-4-7-11-21,22-12-8-5-9-13-22)27-18-19-14-16-20(17-15-19)24(25)26/h4-17H,18H2,1-3H3. The van der Waals surface area contributed by atoms with Gasteiger partial charge in [0.2, 0.25) is 0 Å². The minimum atomic E-state index is -2.60. The highest BCUT2D eigenvalue weighted by Gasteiger charge is 2.50. The second kappa shape index (κ2) is 8.08. The smallest absolute Gasteiger partial charge is 0.269 e. The zero-order valence-corrected chi connectivity index (χ0v) is 17.5. The van der Waals surface area contributed by atoms with Gasteiger partial charge in [-0.25, -0.2) is 0 Å². The van der Waals surface area contributed by atoms with E-state index in [2.05, 4.69) is 69.3 Å². The number of rotatable bonds is 6. The molecule has 0 spiro atoms. The van der Waals surface area contributed by atoms with E-state index in [4.69, 9.17) is 4.43 Å². The third-order valence-corrected chi connectivity index (χ3v) is 10.0. The monoisotopic (exact) mass is 391 g/mol. The maximum absolute atomic E-state index is 10.9. The Labute approximate surface area is 167 Å². The third-order valence-electron chi connectivity index (χ3n) is 5.02. The van der Waals surface area contributed by atoms with Crippen LogP contribution in [0.25, 0.3) is 0 Å². The Morgan fingerprint density at radius 2 is 1.29 bits per heavy atom. The number of non-ortho nitro benzene ring substituents is 1. The number of nitro benzene ring substituents is 1. The third kappa shape index (κ3) is 3.91. The molecule has 0 heterocycles. The molecule has 0 atom stereocenters. The molecule has 0 fully saturated rings. The highest BCUT2D eigenvalue weighted by Crippen LogP contribution is 2.37. The lowest BCUT2D eigenvalue weighted by Gasteiger charge is -2.43. The highest BCUT2D eigenvalue weighted by atomic mass is 28.4. The normalized spacial score (nSPS) is 12.0. The van der Waals surface area contributed by atoms with Crippen molar-refractivity contribution in [2.45, 2.75) is 32.4 Å². The fourth-order valence-electron chi connectivity index (χ4n) is 3.67. The molecule has 0 aliphatic heterocycles. The average molecular weight is 392 g/mol. The first-order chi connectivity index (χ1) is 13.3. The summed E-state index contributed by atoms with van der Waals surface area (Å²) >= 11 is 0. The lowest BCUT2D eigenvalue weighted by atomic mass is 10.2. The van der Waals surface area contributed by atoms with Crippen LogP contribution < -0.4 is 10.4 Å². The molecular formula is C23H25NO3Si. The van der Waals surface area contributed by atoms with Crippen LogP contribution in [0.1, 0.15) is 26.3 Å². The average Bonchev–Trinajstić information content (AvgIpc) is 2.69. The Kier molecular flexibility index (Phi) is 5.77. The molecule has 0 aromatic heterocycles. The molecule has 0 aliphatic rings. The van der Waals surface area contributed by atoms with Crippen LogP contribution in [0.5, 0.6) is 0 Å². The molecule has 0 bridgehead atoms. The van der Waals surface area contributed by atoms with Gasteiger partial charge in [0.15, 0.2) is 0 Å². The summed E-state index contributed by atoms with van der Waals surface area (Å²) in [6.45, 7) is 7.10. The second-order valence-corrected chi connectivity index (χ2v) is 12.2. The number of nitrogens with zero attached hydrogens (tertiary/aromatic N) is 1. The van der Waals surface area contributed by atoms with Crippen molar-refractivity contribution < 1.29 is 9.35 Å². The van der Waals surface area contributed by atoms with Crippen LogP contribution in [0.4, 0.5) is 5.69 Å². The first-order valence-electron chi connectivity index (χ1n) is 9.33. The summed E-state index contributed by atoms with van der Waals surface area (Å²) in [6, 6.07) is 27.5. The van der Waals surface area contributed by atoms with Gasteiger partial charge < -0.3 is 4.43 Å². The van der Waals surface area contributed by atoms with Crippen LogP contribution in [-0.2, 0) is 11.0 Å². The Balaban J connectivity index is 2.04. The molecule has 0 aliphatic carbocycles. The maximum Gasteiger partial charge on any atom is 0.269 e. The van der Waals surface area contributed by atoms with E-state index in [1.807, 2.05) is 12.1 Å². The van der Waals surface area contributed by atoms with Crippen molar-refractivity contribution in [1.29, 1.82) is 0 Å². The van der Waals surface area contributed by atoms with E-state index in [0.29, 0.717) is 6.61 Å². The minimum Gasteiger partial charge on any atom is -0.403 e. The zero-order chi connectivity index (χ0) is 20.2. The second-order valence-electron chi connectivity index (χ2n) is 7.88. The van der Waals surface area contributed by atoms with E-state index in [9.17, 15) is 10.1 Å². The number of hydrogen-bond donors (Lipinski definition) is 0. The van der Waals surface area contributed by atoms with E-state index in [1.165, 1.54) is 22.5 Å². The summed E-state index contributed by atoms with van der Waals surface area (Å²) in [6.07, 6.45) is 0. The summed E-state index contributed by atoms with van der Waals surface area (Å²) in [4.78, 5) is 10.5. The van der Waals surface area contributed by atoms with Crippen LogP contribution in [0.3, 0.4) is 0 Å². The Morgan fingerprint density at radius 3 is 1.68 bits per heavy atom. The van der Waals surface area contributed by atoms with Gasteiger partial charge >= 0.3 is 0 Å². The SMILES string of the molecule is CC(C)(C)[Si](OCc1ccc([N+](=O)[O-])cc1)(c1ccccc1)c1ccccc1. The molecule has 144 valence electrons. The summed E-state index contributed by atoms with van der Waals surface area (Å²) in [5.74, 6) is 0. The van der Waals surface area contributed by atoms with Gasteiger partial charge in [0.05, 0.1) is 11.5 Å². The summed E-state index contributed by atoms with van der Waals surface area (Å²) < 4.78 is 6.82. The Bertz CT molecular complexity index is 880. The van der Waals surface area contributed by atoms with E-state index in [-0.39, 0.29) is 15.6 Å². The van der Waals surface area contributed by atoms with Gasteiger partial charge in [-0.1, -0.05) is 81.4 Å². The molecule has 3 aromatic rings. The fourth-order valence-corrected chi connectivity index (χ4v) is 8.21. The topological polar surface area (TPSA) is 52.4 Å². The van der Waals surface area contributed by atoms with Crippen LogP contribution in [-0.4, -0.2) is 13.2 Å². The molecule has 0 radical (unpaired) electrons. The van der Waals surface area contributed by atoms with Gasteiger partial charge in [0, 0.05) is 12.1 Å². The van der Waals surface area contributed by atoms with Gasteiger partial charge in [0.25, 0.3) is 14.0 Å². The van der Waals surface area contributed by atoms with Crippen molar-refractivity contribution in [2.24, 2.45) is 0 Å². The molecule has 28 heavy (non-hydrogen) atoms. The Morgan fingerprint density at radius 1 is 0.821 bits per heavy atom. The van der Waals surface area contributed by atoms with E-state index in [1.54, 1.807) is 12.1 Å². The van der Waals surface area contributed by atoms with Gasteiger partial charge in [-0.15, -0.1) is 0 Å². The minimum absolute atomic E-state index is 0.0919. The van der Waals surface area contributed by atoms with E-state index < -0.39 is 8.32 Å².